The Kier molecular flexibility index (Phi) is 4.78. The van der Waals surface area contributed by atoms with Crippen LogP contribution in [0.3, 0.4) is 0 Å². The van der Waals surface area contributed by atoms with Gasteiger partial charge in [-0.05, 0) is 49.2 Å². The third-order valence-corrected chi connectivity index (χ3v) is 5.65. The molecule has 7 heteroatoms. The van der Waals surface area contributed by atoms with Crippen molar-refractivity contribution in [1.82, 2.24) is 4.72 Å². The van der Waals surface area contributed by atoms with Crippen molar-refractivity contribution in [3.63, 3.8) is 0 Å². The molecule has 25 heavy (non-hydrogen) atoms. The van der Waals surface area contributed by atoms with E-state index in [1.165, 1.54) is 4.90 Å². The number of carbonyl (C=O) groups excluding carboxylic acids is 1. The number of rotatable bonds is 5. The molecule has 2 aromatic rings. The summed E-state index contributed by atoms with van der Waals surface area (Å²) in [6, 6.07) is 14.1. The Morgan fingerprint density at radius 2 is 1.84 bits per heavy atom. The van der Waals surface area contributed by atoms with Crippen molar-refractivity contribution < 1.29 is 17.9 Å². The Labute approximate surface area is 147 Å². The summed E-state index contributed by atoms with van der Waals surface area (Å²) in [4.78, 5) is 13.7. The van der Waals surface area contributed by atoms with Gasteiger partial charge in [-0.1, -0.05) is 24.3 Å². The molecule has 1 amide bonds. The van der Waals surface area contributed by atoms with Crippen LogP contribution in [0.4, 0.5) is 10.5 Å². The van der Waals surface area contributed by atoms with Gasteiger partial charge in [0.25, 0.3) is 0 Å². The number of benzene rings is 2. The summed E-state index contributed by atoms with van der Waals surface area (Å²) in [6.45, 7) is 4.13. The van der Waals surface area contributed by atoms with E-state index in [9.17, 15) is 13.2 Å². The predicted octanol–water partition coefficient (Wildman–Crippen LogP) is 2.61. The van der Waals surface area contributed by atoms with Crippen molar-refractivity contribution in [2.24, 2.45) is 0 Å². The molecule has 1 heterocycles. The fourth-order valence-corrected chi connectivity index (χ4v) is 3.76. The quantitative estimate of drug-likeness (QED) is 0.889. The van der Waals surface area contributed by atoms with E-state index in [-0.39, 0.29) is 11.4 Å². The molecule has 1 aliphatic rings. The van der Waals surface area contributed by atoms with Crippen molar-refractivity contribution >= 4 is 21.8 Å². The standard InChI is InChI=1S/C18H20N2O4S/c1-13-8-9-17(10-14(13)2)25(22,23)19-11-16-12-20(18(21)24-16)15-6-4-3-5-7-15/h3-10,16,19H,11-12H2,1-2H3. The first-order valence-corrected chi connectivity index (χ1v) is 9.45. The normalized spacial score (nSPS) is 17.6. The third kappa shape index (κ3) is 3.83. The molecule has 6 nitrogen and oxygen atoms in total. The number of amides is 1. The van der Waals surface area contributed by atoms with Crippen LogP contribution in [0.15, 0.2) is 53.4 Å². The lowest BCUT2D eigenvalue weighted by atomic mass is 10.1. The molecule has 1 saturated heterocycles. The van der Waals surface area contributed by atoms with Crippen LogP contribution in [0, 0.1) is 13.8 Å². The summed E-state index contributed by atoms with van der Waals surface area (Å²) < 4.78 is 32.6. The van der Waals surface area contributed by atoms with E-state index in [2.05, 4.69) is 4.72 Å². The predicted molar refractivity (Wildman–Crippen MR) is 95.2 cm³/mol. The zero-order chi connectivity index (χ0) is 18.0. The Balaban J connectivity index is 1.65. The fraction of sp³-hybridized carbons (Fsp3) is 0.278. The van der Waals surface area contributed by atoms with Crippen molar-refractivity contribution in [3.8, 4) is 0 Å². The van der Waals surface area contributed by atoms with Crippen LogP contribution >= 0.6 is 0 Å². The number of para-hydroxylation sites is 1. The lowest BCUT2D eigenvalue weighted by Crippen LogP contribution is -2.34. The molecule has 0 spiro atoms. The summed E-state index contributed by atoms with van der Waals surface area (Å²) in [7, 11) is -3.65. The van der Waals surface area contributed by atoms with Crippen LogP contribution in [-0.4, -0.2) is 33.7 Å². The van der Waals surface area contributed by atoms with Crippen LogP contribution in [0.25, 0.3) is 0 Å². The lowest BCUT2D eigenvalue weighted by molar-refractivity contribution is 0.143. The van der Waals surface area contributed by atoms with Crippen molar-refractivity contribution in [1.29, 1.82) is 0 Å². The summed E-state index contributed by atoms with van der Waals surface area (Å²) in [5.41, 5.74) is 2.67. The maximum absolute atomic E-state index is 12.4. The van der Waals surface area contributed by atoms with Crippen molar-refractivity contribution in [2.75, 3.05) is 18.0 Å². The molecule has 1 aliphatic heterocycles. The van der Waals surface area contributed by atoms with Crippen molar-refractivity contribution in [3.05, 3.63) is 59.7 Å². The van der Waals surface area contributed by atoms with Gasteiger partial charge in [-0.3, -0.25) is 4.90 Å². The zero-order valence-corrected chi connectivity index (χ0v) is 14.9. The van der Waals surface area contributed by atoms with Crippen LogP contribution < -0.4 is 9.62 Å². The van der Waals surface area contributed by atoms with Gasteiger partial charge in [-0.15, -0.1) is 0 Å². The van der Waals surface area contributed by atoms with Gasteiger partial charge in [0.05, 0.1) is 11.4 Å². The first kappa shape index (κ1) is 17.4. The third-order valence-electron chi connectivity index (χ3n) is 4.23. The highest BCUT2D eigenvalue weighted by Crippen LogP contribution is 2.21. The zero-order valence-electron chi connectivity index (χ0n) is 14.1. The van der Waals surface area contributed by atoms with E-state index in [4.69, 9.17) is 4.74 Å². The Morgan fingerprint density at radius 3 is 2.52 bits per heavy atom. The number of ether oxygens (including phenoxy) is 1. The van der Waals surface area contributed by atoms with E-state index in [0.717, 1.165) is 16.8 Å². The maximum Gasteiger partial charge on any atom is 0.414 e. The minimum atomic E-state index is -3.65. The van der Waals surface area contributed by atoms with Crippen molar-refractivity contribution in [2.45, 2.75) is 24.8 Å². The number of aryl methyl sites for hydroxylation is 2. The second-order valence-electron chi connectivity index (χ2n) is 6.05. The number of nitrogens with zero attached hydrogens (tertiary/aromatic N) is 1. The largest absolute Gasteiger partial charge is 0.443 e. The van der Waals surface area contributed by atoms with Crippen LogP contribution in [-0.2, 0) is 14.8 Å². The molecule has 3 rings (SSSR count). The van der Waals surface area contributed by atoms with E-state index in [1.807, 2.05) is 44.2 Å². The first-order chi connectivity index (χ1) is 11.9. The molecular weight excluding hydrogens is 340 g/mol. The number of hydrogen-bond donors (Lipinski definition) is 1. The topological polar surface area (TPSA) is 75.7 Å². The van der Waals surface area contributed by atoms with E-state index in [0.29, 0.717) is 6.54 Å². The average Bonchev–Trinajstić information content (AvgIpc) is 2.97. The molecule has 1 N–H and O–H groups in total. The highest BCUT2D eigenvalue weighted by molar-refractivity contribution is 7.89. The van der Waals surface area contributed by atoms with E-state index < -0.39 is 22.2 Å². The Bertz CT molecular complexity index is 881. The number of anilines is 1. The van der Waals surface area contributed by atoms with Crippen LogP contribution in [0.5, 0.6) is 0 Å². The molecule has 2 aromatic carbocycles. The molecular formula is C18H20N2O4S. The first-order valence-electron chi connectivity index (χ1n) is 7.97. The smallest absolute Gasteiger partial charge is 0.414 e. The Morgan fingerprint density at radius 1 is 1.12 bits per heavy atom. The number of sulfonamides is 1. The molecule has 132 valence electrons. The van der Waals surface area contributed by atoms with Gasteiger partial charge < -0.3 is 4.74 Å². The van der Waals surface area contributed by atoms with Crippen LogP contribution in [0.2, 0.25) is 0 Å². The second-order valence-corrected chi connectivity index (χ2v) is 7.82. The fourth-order valence-electron chi connectivity index (χ4n) is 2.61. The van der Waals surface area contributed by atoms with E-state index >= 15 is 0 Å². The van der Waals surface area contributed by atoms with Gasteiger partial charge in [-0.25, -0.2) is 17.9 Å². The highest BCUT2D eigenvalue weighted by Gasteiger charge is 2.33. The summed E-state index contributed by atoms with van der Waals surface area (Å²) >= 11 is 0. The highest BCUT2D eigenvalue weighted by atomic mass is 32.2. The molecule has 1 unspecified atom stereocenters. The van der Waals surface area contributed by atoms with Gasteiger partial charge in [0, 0.05) is 12.2 Å². The number of carbonyl (C=O) groups is 1. The lowest BCUT2D eigenvalue weighted by Gasteiger charge is -2.13. The summed E-state index contributed by atoms with van der Waals surface area (Å²) in [5.74, 6) is 0. The number of hydrogen-bond acceptors (Lipinski definition) is 4. The van der Waals surface area contributed by atoms with Crippen LogP contribution in [0.1, 0.15) is 11.1 Å². The Hall–Kier alpha value is -2.38. The van der Waals surface area contributed by atoms with Gasteiger partial charge in [0.15, 0.2) is 0 Å². The van der Waals surface area contributed by atoms with E-state index in [1.54, 1.807) is 18.2 Å². The summed E-state index contributed by atoms with van der Waals surface area (Å²) in [6.07, 6.45) is -1.00. The minimum absolute atomic E-state index is 0.0321. The number of nitrogens with one attached hydrogen (secondary N) is 1. The second kappa shape index (κ2) is 6.85. The van der Waals surface area contributed by atoms with Gasteiger partial charge in [-0.2, -0.15) is 0 Å². The maximum atomic E-state index is 12.4. The molecule has 0 aromatic heterocycles. The average molecular weight is 360 g/mol. The molecule has 1 atom stereocenters. The van der Waals surface area contributed by atoms with Gasteiger partial charge in [0.2, 0.25) is 10.0 Å². The summed E-state index contributed by atoms with van der Waals surface area (Å²) in [5, 5.41) is 0. The number of cyclic esters (lactones) is 1. The minimum Gasteiger partial charge on any atom is -0.443 e. The van der Waals surface area contributed by atoms with Gasteiger partial charge >= 0.3 is 6.09 Å². The molecule has 0 saturated carbocycles. The monoisotopic (exact) mass is 360 g/mol. The molecule has 1 fully saturated rings. The SMILES string of the molecule is Cc1ccc(S(=O)(=O)NCC2CN(c3ccccc3)C(=O)O2)cc1C. The van der Waals surface area contributed by atoms with Gasteiger partial charge in [0.1, 0.15) is 6.10 Å². The molecule has 0 bridgehead atoms. The molecule has 0 radical (unpaired) electrons. The molecule has 0 aliphatic carbocycles.